The lowest BCUT2D eigenvalue weighted by atomic mass is 10.1. The van der Waals surface area contributed by atoms with E-state index in [0.717, 1.165) is 28.4 Å². The summed E-state index contributed by atoms with van der Waals surface area (Å²) in [6.45, 7) is 4.04. The van der Waals surface area contributed by atoms with E-state index in [9.17, 15) is 0 Å². The summed E-state index contributed by atoms with van der Waals surface area (Å²) in [5, 5.41) is 1.72. The van der Waals surface area contributed by atoms with Crippen molar-refractivity contribution in [2.24, 2.45) is 0 Å². The van der Waals surface area contributed by atoms with Crippen molar-refractivity contribution in [1.29, 1.82) is 0 Å². The molecule has 0 aliphatic carbocycles. The molecule has 1 aliphatic rings. The molecule has 1 aromatic heterocycles. The SMILES string of the molecule is C[C@H](c1nc2ccccc2s1)N(C)Cc1cc(Cl)c2c(c1)OCCO2. The predicted molar refractivity (Wildman–Crippen MR) is 102 cm³/mol. The van der Waals surface area contributed by atoms with Gasteiger partial charge in [0, 0.05) is 6.54 Å². The van der Waals surface area contributed by atoms with Crippen LogP contribution in [-0.2, 0) is 6.54 Å². The lowest BCUT2D eigenvalue weighted by molar-refractivity contribution is 0.171. The first-order valence-corrected chi connectivity index (χ1v) is 9.45. The quantitative estimate of drug-likeness (QED) is 0.649. The van der Waals surface area contributed by atoms with Gasteiger partial charge in [0.05, 0.1) is 21.3 Å². The molecular weight excluding hydrogens is 356 g/mol. The van der Waals surface area contributed by atoms with E-state index in [2.05, 4.69) is 37.1 Å². The van der Waals surface area contributed by atoms with E-state index in [1.54, 1.807) is 11.3 Å². The number of hydrogen-bond acceptors (Lipinski definition) is 5. The number of benzene rings is 2. The maximum absolute atomic E-state index is 6.35. The van der Waals surface area contributed by atoms with Gasteiger partial charge in [0.1, 0.15) is 18.2 Å². The van der Waals surface area contributed by atoms with Crippen molar-refractivity contribution in [3.8, 4) is 11.5 Å². The number of nitrogens with zero attached hydrogens (tertiary/aromatic N) is 2. The Bertz CT molecular complexity index is 879. The van der Waals surface area contributed by atoms with Gasteiger partial charge in [-0.15, -0.1) is 11.3 Å². The monoisotopic (exact) mass is 374 g/mol. The average molecular weight is 375 g/mol. The Morgan fingerprint density at radius 2 is 2.04 bits per heavy atom. The Labute approximate surface area is 156 Å². The van der Waals surface area contributed by atoms with Crippen LogP contribution in [0.15, 0.2) is 36.4 Å². The van der Waals surface area contributed by atoms with Crippen molar-refractivity contribution in [2.45, 2.75) is 19.5 Å². The molecule has 4 nitrogen and oxygen atoms in total. The number of aromatic nitrogens is 1. The molecule has 1 atom stereocenters. The number of para-hydroxylation sites is 1. The second-order valence-electron chi connectivity index (χ2n) is 6.21. The molecule has 0 bridgehead atoms. The highest BCUT2D eigenvalue weighted by Gasteiger charge is 2.20. The highest BCUT2D eigenvalue weighted by atomic mass is 35.5. The molecule has 0 saturated carbocycles. The molecule has 130 valence electrons. The molecule has 0 radical (unpaired) electrons. The Balaban J connectivity index is 1.54. The molecular formula is C19H19ClN2O2S. The molecule has 0 spiro atoms. The summed E-state index contributed by atoms with van der Waals surface area (Å²) < 4.78 is 12.5. The molecule has 3 aromatic rings. The van der Waals surface area contributed by atoms with Gasteiger partial charge in [-0.1, -0.05) is 23.7 Å². The molecule has 0 saturated heterocycles. The zero-order chi connectivity index (χ0) is 17.4. The van der Waals surface area contributed by atoms with Gasteiger partial charge >= 0.3 is 0 Å². The van der Waals surface area contributed by atoms with Crippen molar-refractivity contribution in [1.82, 2.24) is 9.88 Å². The number of hydrogen-bond donors (Lipinski definition) is 0. The summed E-state index contributed by atoms with van der Waals surface area (Å²) in [7, 11) is 2.10. The standard InChI is InChI=1S/C19H19ClN2O2S/c1-12(19-21-15-5-3-4-6-17(15)25-19)22(2)11-13-9-14(20)18-16(10-13)23-7-8-24-18/h3-6,9-10,12H,7-8,11H2,1-2H3/t12-/m1/s1. The maximum atomic E-state index is 6.35. The van der Waals surface area contributed by atoms with Crippen LogP contribution in [-0.4, -0.2) is 30.1 Å². The third-order valence-electron chi connectivity index (χ3n) is 4.42. The molecule has 2 aromatic carbocycles. The molecule has 0 fully saturated rings. The molecule has 0 N–H and O–H groups in total. The smallest absolute Gasteiger partial charge is 0.179 e. The Morgan fingerprint density at radius 1 is 1.24 bits per heavy atom. The Hall–Kier alpha value is -1.82. The van der Waals surface area contributed by atoms with Crippen LogP contribution in [0, 0.1) is 0 Å². The van der Waals surface area contributed by atoms with Gasteiger partial charge < -0.3 is 9.47 Å². The zero-order valence-corrected chi connectivity index (χ0v) is 15.7. The molecule has 6 heteroatoms. The third-order valence-corrected chi connectivity index (χ3v) is 5.90. The predicted octanol–water partition coefficient (Wildman–Crippen LogP) is 4.91. The highest BCUT2D eigenvalue weighted by Crippen LogP contribution is 2.39. The van der Waals surface area contributed by atoms with Crippen molar-refractivity contribution < 1.29 is 9.47 Å². The summed E-state index contributed by atoms with van der Waals surface area (Å²) >= 11 is 8.09. The van der Waals surface area contributed by atoms with Gasteiger partial charge in [-0.3, -0.25) is 4.90 Å². The van der Waals surface area contributed by atoms with E-state index >= 15 is 0 Å². The largest absolute Gasteiger partial charge is 0.486 e. The summed E-state index contributed by atoms with van der Waals surface area (Å²) in [6.07, 6.45) is 0. The molecule has 4 rings (SSSR count). The van der Waals surface area contributed by atoms with Gasteiger partial charge in [0.2, 0.25) is 0 Å². The van der Waals surface area contributed by atoms with Crippen molar-refractivity contribution in [3.63, 3.8) is 0 Å². The number of fused-ring (bicyclic) bond motifs is 2. The van der Waals surface area contributed by atoms with Crippen molar-refractivity contribution >= 4 is 33.2 Å². The fourth-order valence-electron chi connectivity index (χ4n) is 2.94. The third kappa shape index (κ3) is 3.32. The molecule has 25 heavy (non-hydrogen) atoms. The first-order chi connectivity index (χ1) is 12.1. The number of halogens is 1. The van der Waals surface area contributed by atoms with E-state index in [1.807, 2.05) is 18.2 Å². The van der Waals surface area contributed by atoms with Gasteiger partial charge in [-0.25, -0.2) is 4.98 Å². The van der Waals surface area contributed by atoms with Crippen LogP contribution in [0.1, 0.15) is 23.5 Å². The van der Waals surface area contributed by atoms with Crippen LogP contribution in [0.4, 0.5) is 0 Å². The lowest BCUT2D eigenvalue weighted by Crippen LogP contribution is -2.22. The van der Waals surface area contributed by atoms with Gasteiger partial charge in [0.15, 0.2) is 11.5 Å². The van der Waals surface area contributed by atoms with Crippen molar-refractivity contribution in [2.75, 3.05) is 20.3 Å². The van der Waals surface area contributed by atoms with Gasteiger partial charge in [0.25, 0.3) is 0 Å². The minimum absolute atomic E-state index is 0.212. The normalized spacial score (nSPS) is 14.9. The van der Waals surface area contributed by atoms with Gasteiger partial charge in [-0.2, -0.15) is 0 Å². The van der Waals surface area contributed by atoms with E-state index in [-0.39, 0.29) is 6.04 Å². The maximum Gasteiger partial charge on any atom is 0.179 e. The van der Waals surface area contributed by atoms with Gasteiger partial charge in [-0.05, 0) is 43.8 Å². The molecule has 1 aliphatic heterocycles. The number of ether oxygens (including phenoxy) is 2. The molecule has 2 heterocycles. The second kappa shape index (κ2) is 6.83. The van der Waals surface area contributed by atoms with Crippen LogP contribution >= 0.6 is 22.9 Å². The number of thiazole rings is 1. The van der Waals surface area contributed by atoms with E-state index in [4.69, 9.17) is 26.1 Å². The van der Waals surface area contributed by atoms with E-state index in [0.29, 0.717) is 24.0 Å². The van der Waals surface area contributed by atoms with E-state index < -0.39 is 0 Å². The molecule has 0 amide bonds. The van der Waals surface area contributed by atoms with E-state index in [1.165, 1.54) is 4.70 Å². The highest BCUT2D eigenvalue weighted by molar-refractivity contribution is 7.18. The summed E-state index contributed by atoms with van der Waals surface area (Å²) in [5.41, 5.74) is 2.16. The Kier molecular flexibility index (Phi) is 4.54. The van der Waals surface area contributed by atoms with Crippen LogP contribution in [0.2, 0.25) is 5.02 Å². The first-order valence-electron chi connectivity index (χ1n) is 8.25. The molecule has 0 unspecified atom stereocenters. The summed E-state index contributed by atoms with van der Waals surface area (Å²) in [4.78, 5) is 7.03. The first kappa shape index (κ1) is 16.6. The summed E-state index contributed by atoms with van der Waals surface area (Å²) in [5.74, 6) is 1.38. The minimum Gasteiger partial charge on any atom is -0.486 e. The number of rotatable bonds is 4. The second-order valence-corrected chi connectivity index (χ2v) is 7.68. The van der Waals surface area contributed by atoms with Crippen LogP contribution in [0.3, 0.4) is 0 Å². The zero-order valence-electron chi connectivity index (χ0n) is 14.2. The fraction of sp³-hybridized carbons (Fsp3) is 0.316. The topological polar surface area (TPSA) is 34.6 Å². The lowest BCUT2D eigenvalue weighted by Gasteiger charge is -2.25. The van der Waals surface area contributed by atoms with Crippen LogP contribution in [0.25, 0.3) is 10.2 Å². The Morgan fingerprint density at radius 3 is 2.88 bits per heavy atom. The van der Waals surface area contributed by atoms with Crippen LogP contribution in [0.5, 0.6) is 11.5 Å². The van der Waals surface area contributed by atoms with Crippen molar-refractivity contribution in [3.05, 3.63) is 52.0 Å². The average Bonchev–Trinajstić information content (AvgIpc) is 3.05. The summed E-state index contributed by atoms with van der Waals surface area (Å²) in [6, 6.07) is 12.4. The minimum atomic E-state index is 0.212. The fourth-order valence-corrected chi connectivity index (χ4v) is 4.31. The van der Waals surface area contributed by atoms with Crippen LogP contribution < -0.4 is 9.47 Å².